The molecule has 2 aromatic heterocycles. The van der Waals surface area contributed by atoms with Crippen LogP contribution in [0, 0.1) is 0 Å². The highest BCUT2D eigenvalue weighted by Crippen LogP contribution is 2.50. The van der Waals surface area contributed by atoms with Gasteiger partial charge in [-0.1, -0.05) is 182 Å². The average Bonchev–Trinajstić information content (AvgIpc) is 3.95. The third-order valence-electron chi connectivity index (χ3n) is 12.3. The fourth-order valence-corrected chi connectivity index (χ4v) is 9.34. The summed E-state index contributed by atoms with van der Waals surface area (Å²) in [5.41, 5.74) is 16.0. The first-order valence-corrected chi connectivity index (χ1v) is 21.7. The molecule has 64 heavy (non-hydrogen) atoms. The molecule has 0 aliphatic carbocycles. The normalized spacial score (nSPS) is 11.4. The smallest absolute Gasteiger partial charge is 0.159 e. The highest BCUT2D eigenvalue weighted by molar-refractivity contribution is 6.13. The number of anilines is 6. The summed E-state index contributed by atoms with van der Waals surface area (Å²) in [5, 5.41) is 4.31. The zero-order chi connectivity index (χ0) is 42.4. The maximum atomic E-state index is 6.80. The van der Waals surface area contributed by atoms with Crippen molar-refractivity contribution in [3.05, 3.63) is 243 Å². The van der Waals surface area contributed by atoms with E-state index in [0.717, 1.165) is 111 Å². The molecule has 4 heteroatoms. The molecule has 0 aliphatic rings. The Bertz CT molecular complexity index is 3400. The van der Waals surface area contributed by atoms with Gasteiger partial charge in [-0.25, -0.2) is 0 Å². The van der Waals surface area contributed by atoms with Crippen molar-refractivity contribution in [1.82, 2.24) is 0 Å². The van der Waals surface area contributed by atoms with E-state index >= 15 is 0 Å². The lowest BCUT2D eigenvalue weighted by molar-refractivity contribution is 0.668. The molecule has 0 N–H and O–H groups in total. The quantitative estimate of drug-likeness (QED) is 0.145. The number of para-hydroxylation sites is 6. The molecule has 0 spiro atoms. The molecule has 0 radical (unpaired) electrons. The van der Waals surface area contributed by atoms with Gasteiger partial charge in [-0.05, 0) is 82.9 Å². The summed E-state index contributed by atoms with van der Waals surface area (Å²) >= 11 is 0. The van der Waals surface area contributed by atoms with E-state index in [-0.39, 0.29) is 0 Å². The Morgan fingerprint density at radius 3 is 1.06 bits per heavy atom. The summed E-state index contributed by atoms with van der Waals surface area (Å²) in [5.74, 6) is 0. The molecule has 0 unspecified atom stereocenters. The van der Waals surface area contributed by atoms with E-state index in [0.29, 0.717) is 0 Å². The van der Waals surface area contributed by atoms with E-state index in [9.17, 15) is 0 Å². The van der Waals surface area contributed by atoms with Gasteiger partial charge in [0.25, 0.3) is 0 Å². The minimum atomic E-state index is 0.827. The molecular formula is C60H40N2O2. The van der Waals surface area contributed by atoms with Crippen LogP contribution in [0.5, 0.6) is 0 Å². The Morgan fingerprint density at radius 2 is 0.594 bits per heavy atom. The molecule has 0 saturated carbocycles. The van der Waals surface area contributed by atoms with Gasteiger partial charge in [-0.15, -0.1) is 0 Å². The van der Waals surface area contributed by atoms with Crippen LogP contribution in [0.2, 0.25) is 0 Å². The van der Waals surface area contributed by atoms with Gasteiger partial charge in [0.2, 0.25) is 0 Å². The summed E-state index contributed by atoms with van der Waals surface area (Å²) in [4.78, 5) is 4.73. The van der Waals surface area contributed by atoms with Crippen molar-refractivity contribution in [1.29, 1.82) is 0 Å². The van der Waals surface area contributed by atoms with Crippen molar-refractivity contribution in [2.24, 2.45) is 0 Å². The van der Waals surface area contributed by atoms with Crippen LogP contribution >= 0.6 is 0 Å². The molecule has 12 rings (SSSR count). The van der Waals surface area contributed by atoms with E-state index < -0.39 is 0 Å². The fourth-order valence-electron chi connectivity index (χ4n) is 9.34. The van der Waals surface area contributed by atoms with Crippen LogP contribution in [-0.2, 0) is 0 Å². The molecule has 0 aliphatic heterocycles. The summed E-state index contributed by atoms with van der Waals surface area (Å²) in [6.07, 6.45) is 0. The van der Waals surface area contributed by atoms with E-state index in [4.69, 9.17) is 8.83 Å². The van der Waals surface area contributed by atoms with Gasteiger partial charge in [-0.3, -0.25) is 0 Å². The van der Waals surface area contributed by atoms with Crippen LogP contribution in [-0.4, -0.2) is 0 Å². The molecule has 10 aromatic carbocycles. The van der Waals surface area contributed by atoms with E-state index in [1.807, 2.05) is 24.3 Å². The lowest BCUT2D eigenvalue weighted by Crippen LogP contribution is -2.14. The minimum absolute atomic E-state index is 0.827. The number of rotatable bonds is 9. The Morgan fingerprint density at radius 1 is 0.250 bits per heavy atom. The number of nitrogens with zero attached hydrogens (tertiary/aromatic N) is 2. The monoisotopic (exact) mass is 820 g/mol. The van der Waals surface area contributed by atoms with Crippen LogP contribution in [0.1, 0.15) is 0 Å². The maximum Gasteiger partial charge on any atom is 0.159 e. The lowest BCUT2D eigenvalue weighted by Gasteiger charge is -2.31. The molecule has 302 valence electrons. The fraction of sp³-hybridized carbons (Fsp3) is 0. The zero-order valence-electron chi connectivity index (χ0n) is 34.8. The molecule has 4 nitrogen and oxygen atoms in total. The maximum absolute atomic E-state index is 6.80. The van der Waals surface area contributed by atoms with Gasteiger partial charge in [-0.2, -0.15) is 0 Å². The van der Waals surface area contributed by atoms with Crippen molar-refractivity contribution in [2.75, 3.05) is 9.80 Å². The summed E-state index contributed by atoms with van der Waals surface area (Å²) in [6, 6.07) is 85.7. The Hall–Kier alpha value is -8.60. The Balaban J connectivity index is 1.11. The Kier molecular flexibility index (Phi) is 9.12. The van der Waals surface area contributed by atoms with Crippen LogP contribution < -0.4 is 9.80 Å². The van der Waals surface area contributed by atoms with Crippen LogP contribution in [0.4, 0.5) is 34.1 Å². The van der Waals surface area contributed by atoms with Crippen LogP contribution in [0.3, 0.4) is 0 Å². The van der Waals surface area contributed by atoms with Gasteiger partial charge >= 0.3 is 0 Å². The average molecular weight is 821 g/mol. The predicted molar refractivity (Wildman–Crippen MR) is 267 cm³/mol. The molecule has 0 saturated heterocycles. The largest absolute Gasteiger partial charge is 0.454 e. The standard InChI is InChI=1S/C60H40N2O2/c1-3-19-41(20-4-1)43-23-15-25-45(39-43)61(55-35-17-31-51-49-29-9-13-37-57(49)63-59(51)55)53-33-11-7-27-47(53)48-28-8-12-34-54(48)62(46-26-16-24-44(40-46)42-21-5-2-6-22-42)56-36-18-32-52-50-30-10-14-38-58(50)64-60(52)56/h1-40H. The molecule has 2 heterocycles. The summed E-state index contributed by atoms with van der Waals surface area (Å²) < 4.78 is 13.6. The van der Waals surface area contributed by atoms with Crippen molar-refractivity contribution in [3.63, 3.8) is 0 Å². The topological polar surface area (TPSA) is 32.8 Å². The molecule has 0 fully saturated rings. The molecular weight excluding hydrogens is 781 g/mol. The van der Waals surface area contributed by atoms with E-state index in [1.54, 1.807) is 0 Å². The summed E-state index contributed by atoms with van der Waals surface area (Å²) in [6.45, 7) is 0. The number of fused-ring (bicyclic) bond motifs is 6. The van der Waals surface area contributed by atoms with Gasteiger partial charge in [0, 0.05) is 44.0 Å². The first-order chi connectivity index (χ1) is 31.8. The van der Waals surface area contributed by atoms with Crippen molar-refractivity contribution in [3.8, 4) is 33.4 Å². The molecule has 0 bridgehead atoms. The van der Waals surface area contributed by atoms with Crippen LogP contribution in [0.25, 0.3) is 77.3 Å². The third kappa shape index (κ3) is 6.40. The Labute approximate surface area is 371 Å². The van der Waals surface area contributed by atoms with Crippen molar-refractivity contribution >= 4 is 78.0 Å². The second-order valence-corrected chi connectivity index (χ2v) is 16.0. The minimum Gasteiger partial charge on any atom is -0.454 e. The van der Waals surface area contributed by atoms with Gasteiger partial charge in [0.1, 0.15) is 11.2 Å². The van der Waals surface area contributed by atoms with E-state index in [1.165, 1.54) is 0 Å². The number of hydrogen-bond acceptors (Lipinski definition) is 4. The van der Waals surface area contributed by atoms with Crippen molar-refractivity contribution < 1.29 is 8.83 Å². The third-order valence-corrected chi connectivity index (χ3v) is 12.3. The first kappa shape index (κ1) is 37.2. The highest BCUT2D eigenvalue weighted by atomic mass is 16.3. The van der Waals surface area contributed by atoms with Crippen LogP contribution in [0.15, 0.2) is 251 Å². The molecule has 0 amide bonds. The zero-order valence-corrected chi connectivity index (χ0v) is 34.8. The van der Waals surface area contributed by atoms with Crippen molar-refractivity contribution in [2.45, 2.75) is 0 Å². The number of hydrogen-bond donors (Lipinski definition) is 0. The van der Waals surface area contributed by atoms with E-state index in [2.05, 4.69) is 228 Å². The molecule has 0 atom stereocenters. The SMILES string of the molecule is c1ccc(-c2cccc(N(c3ccccc3-c3ccccc3N(c3cccc(-c4ccccc4)c3)c3cccc4c3oc3ccccc34)c3cccc4c3oc3ccccc34)c2)cc1. The number of benzene rings is 10. The molecule has 12 aromatic rings. The lowest BCUT2D eigenvalue weighted by atomic mass is 9.97. The predicted octanol–water partition coefficient (Wildman–Crippen LogP) is 17.4. The first-order valence-electron chi connectivity index (χ1n) is 21.7. The van der Waals surface area contributed by atoms with Gasteiger partial charge in [0.05, 0.1) is 22.7 Å². The second-order valence-electron chi connectivity index (χ2n) is 16.0. The number of furan rings is 2. The highest BCUT2D eigenvalue weighted by Gasteiger charge is 2.26. The summed E-state index contributed by atoms with van der Waals surface area (Å²) in [7, 11) is 0. The second kappa shape index (κ2) is 15.7. The van der Waals surface area contributed by atoms with Gasteiger partial charge in [0.15, 0.2) is 11.2 Å². The van der Waals surface area contributed by atoms with Gasteiger partial charge < -0.3 is 18.6 Å².